The molecule has 6 N–H and O–H groups in total. The maximum absolute atomic E-state index is 12.6. The van der Waals surface area contributed by atoms with Gasteiger partial charge in [-0.05, 0) is 36.5 Å². The number of primary amides is 1. The first-order chi connectivity index (χ1) is 24.0. The van der Waals surface area contributed by atoms with Gasteiger partial charge in [-0.3, -0.25) is 28.9 Å². The topological polar surface area (TPSA) is 217 Å². The zero-order valence-corrected chi connectivity index (χ0v) is 29.6. The lowest BCUT2D eigenvalue weighted by molar-refractivity contribution is -0.137. The minimum absolute atomic E-state index is 0.0739. The third kappa shape index (κ3) is 20.2. The number of amides is 7. The molecule has 0 fully saturated rings. The molecule has 0 spiro atoms. The Kier molecular flexibility index (Phi) is 23.1. The molecule has 16 nitrogen and oxygen atoms in total. The number of carbonyl (C=O) groups excluding carboxylic acids is 6. The van der Waals surface area contributed by atoms with E-state index >= 15 is 0 Å². The lowest BCUT2D eigenvalue weighted by Gasteiger charge is -2.21. The summed E-state index contributed by atoms with van der Waals surface area (Å²) in [5.41, 5.74) is 6.53. The molecule has 1 atom stereocenters. The van der Waals surface area contributed by atoms with Crippen molar-refractivity contribution in [1.29, 1.82) is 0 Å². The predicted molar refractivity (Wildman–Crippen MR) is 186 cm³/mol. The zero-order chi connectivity index (χ0) is 37.1. The van der Waals surface area contributed by atoms with Crippen LogP contribution >= 0.6 is 0 Å². The van der Waals surface area contributed by atoms with Gasteiger partial charge in [-0.25, -0.2) is 4.79 Å². The predicted octanol–water partition coefficient (Wildman–Crippen LogP) is 0.891. The Bertz CT molecular complexity index is 1210. The van der Waals surface area contributed by atoms with E-state index in [1.165, 1.54) is 12.2 Å². The summed E-state index contributed by atoms with van der Waals surface area (Å²) in [6.45, 7) is 10.8. The van der Waals surface area contributed by atoms with Crippen LogP contribution in [-0.2, 0) is 49.3 Å². The second kappa shape index (κ2) is 26.5. The molecule has 0 aliphatic carbocycles. The van der Waals surface area contributed by atoms with Crippen LogP contribution in [0.5, 0.6) is 0 Å². The highest BCUT2D eigenvalue weighted by Crippen LogP contribution is 2.10. The van der Waals surface area contributed by atoms with Crippen molar-refractivity contribution in [2.45, 2.75) is 53.0 Å². The van der Waals surface area contributed by atoms with Gasteiger partial charge in [0, 0.05) is 30.8 Å². The van der Waals surface area contributed by atoms with Gasteiger partial charge in [-0.1, -0.05) is 39.8 Å². The van der Waals surface area contributed by atoms with Crippen LogP contribution in [0.3, 0.4) is 0 Å². The number of nitrogens with one attached hydrogen (secondary N) is 4. The summed E-state index contributed by atoms with van der Waals surface area (Å²) >= 11 is 0. The summed E-state index contributed by atoms with van der Waals surface area (Å²) in [5.74, 6) is -1.97. The van der Waals surface area contributed by atoms with E-state index in [1.807, 2.05) is 52.0 Å². The molecule has 2 rings (SSSR count). The second-order valence-corrected chi connectivity index (χ2v) is 11.3. The molecule has 1 aliphatic heterocycles. The molecule has 0 bridgehead atoms. The maximum Gasteiger partial charge on any atom is 0.312 e. The van der Waals surface area contributed by atoms with Gasteiger partial charge in [0.15, 0.2) is 0 Å². The number of imide groups is 1. The molecule has 1 aromatic rings. The number of urea groups is 1. The van der Waals surface area contributed by atoms with Crippen LogP contribution in [0.25, 0.3) is 0 Å². The van der Waals surface area contributed by atoms with Crippen molar-refractivity contribution in [1.82, 2.24) is 20.9 Å². The van der Waals surface area contributed by atoms with Crippen molar-refractivity contribution in [2.75, 3.05) is 77.8 Å². The molecule has 1 aromatic carbocycles. The Balaban J connectivity index is 0.00000161. The number of carbonyl (C=O) groups is 6. The van der Waals surface area contributed by atoms with Crippen molar-refractivity contribution in [2.24, 2.45) is 11.7 Å². The number of benzene rings is 1. The van der Waals surface area contributed by atoms with E-state index in [1.54, 1.807) is 0 Å². The van der Waals surface area contributed by atoms with Crippen LogP contribution in [0.2, 0.25) is 0 Å². The number of hydrogen-bond donors (Lipinski definition) is 5. The summed E-state index contributed by atoms with van der Waals surface area (Å²) in [6.07, 6.45) is 4.38. The van der Waals surface area contributed by atoms with Crippen LogP contribution in [-0.4, -0.2) is 119 Å². The number of anilines is 1. The number of aryl methyl sites for hydroxylation is 1. The first-order valence-corrected chi connectivity index (χ1v) is 16.8. The van der Waals surface area contributed by atoms with Gasteiger partial charge in [-0.2, -0.15) is 0 Å². The maximum atomic E-state index is 12.6. The average Bonchev–Trinajstić information content (AvgIpc) is 3.41. The van der Waals surface area contributed by atoms with Crippen LogP contribution in [0, 0.1) is 5.92 Å². The van der Waals surface area contributed by atoms with E-state index in [2.05, 4.69) is 21.3 Å². The minimum Gasteiger partial charge on any atom is -0.379 e. The van der Waals surface area contributed by atoms with Crippen molar-refractivity contribution in [3.05, 3.63) is 42.0 Å². The molecule has 0 aromatic heterocycles. The molecule has 0 saturated heterocycles. The van der Waals surface area contributed by atoms with E-state index in [0.29, 0.717) is 51.9 Å². The number of ether oxygens (including phenoxy) is 4. The highest BCUT2D eigenvalue weighted by molar-refractivity contribution is 6.12. The standard InChI is InChI=1S/C30H44N4O9.C4H10N2O/c1-4-23-5-7-24(8-6-23)32-26(36)21-31-30(39)29(22(2)3)33-25(35)11-13-40-15-17-42-19-20-43-18-16-41-14-12-34-27(37)9-10-28(34)38;1-2-3-6-4(5)7/h5-10,22,29H,4,11-21H2,1-3H3,(H,31,39)(H,32,36)(H,33,35);2-3H2,1H3,(H3,5,6,7). The third-order valence-corrected chi connectivity index (χ3v) is 6.83. The van der Waals surface area contributed by atoms with E-state index in [4.69, 9.17) is 24.7 Å². The van der Waals surface area contributed by atoms with Gasteiger partial charge < -0.3 is 45.9 Å². The normalized spacial score (nSPS) is 12.7. The Hall–Kier alpha value is -4.38. The smallest absolute Gasteiger partial charge is 0.312 e. The molecule has 1 aliphatic rings. The molecule has 1 unspecified atom stereocenters. The molecule has 280 valence electrons. The Morgan fingerprint density at radius 3 is 1.78 bits per heavy atom. The fraction of sp³-hybridized carbons (Fsp3) is 0.588. The average molecular weight is 707 g/mol. The zero-order valence-electron chi connectivity index (χ0n) is 29.6. The van der Waals surface area contributed by atoms with Crippen LogP contribution in [0.4, 0.5) is 10.5 Å². The molecular formula is C34H54N6O10. The third-order valence-electron chi connectivity index (χ3n) is 6.83. The molecular weight excluding hydrogens is 652 g/mol. The number of rotatable bonds is 24. The van der Waals surface area contributed by atoms with Gasteiger partial charge in [0.05, 0.1) is 65.9 Å². The van der Waals surface area contributed by atoms with Crippen molar-refractivity contribution < 1.29 is 47.7 Å². The highest BCUT2D eigenvalue weighted by atomic mass is 16.6. The number of nitrogens with zero attached hydrogens (tertiary/aromatic N) is 1. The quantitative estimate of drug-likeness (QED) is 0.0756. The molecule has 0 radical (unpaired) electrons. The van der Waals surface area contributed by atoms with E-state index in [0.717, 1.165) is 23.3 Å². The number of hydrogen-bond acceptors (Lipinski definition) is 10. The summed E-state index contributed by atoms with van der Waals surface area (Å²) < 4.78 is 21.6. The Morgan fingerprint density at radius 1 is 0.760 bits per heavy atom. The number of nitrogens with two attached hydrogens (primary N) is 1. The summed E-state index contributed by atoms with van der Waals surface area (Å²) in [5, 5.41) is 10.5. The largest absolute Gasteiger partial charge is 0.379 e. The van der Waals surface area contributed by atoms with Gasteiger partial charge in [0.2, 0.25) is 17.7 Å². The van der Waals surface area contributed by atoms with Crippen LogP contribution < -0.4 is 27.0 Å². The van der Waals surface area contributed by atoms with Gasteiger partial charge in [-0.15, -0.1) is 0 Å². The van der Waals surface area contributed by atoms with Crippen molar-refractivity contribution >= 4 is 41.3 Å². The van der Waals surface area contributed by atoms with Gasteiger partial charge in [0.1, 0.15) is 6.04 Å². The van der Waals surface area contributed by atoms with E-state index in [-0.39, 0.29) is 62.3 Å². The molecule has 16 heteroatoms. The molecule has 7 amide bonds. The van der Waals surface area contributed by atoms with Crippen LogP contribution in [0.15, 0.2) is 36.4 Å². The molecule has 50 heavy (non-hydrogen) atoms. The van der Waals surface area contributed by atoms with Crippen LogP contribution in [0.1, 0.15) is 46.1 Å². The summed E-state index contributed by atoms with van der Waals surface area (Å²) in [6, 6.07) is 6.26. The SMILES string of the molecule is CCCNC(N)=O.CCc1ccc(NC(=O)CNC(=O)C(NC(=O)CCOCCOCCOCCOCCN2C(=O)C=CC2=O)C(C)C)cc1. The molecule has 1 heterocycles. The first kappa shape index (κ1) is 43.6. The fourth-order valence-corrected chi connectivity index (χ4v) is 4.07. The monoisotopic (exact) mass is 706 g/mol. The lowest BCUT2D eigenvalue weighted by atomic mass is 10.0. The van der Waals surface area contributed by atoms with Gasteiger partial charge in [0.25, 0.3) is 11.8 Å². The van der Waals surface area contributed by atoms with Gasteiger partial charge >= 0.3 is 6.03 Å². The van der Waals surface area contributed by atoms with Crippen molar-refractivity contribution in [3.8, 4) is 0 Å². The van der Waals surface area contributed by atoms with Crippen molar-refractivity contribution in [3.63, 3.8) is 0 Å². The Morgan fingerprint density at radius 2 is 1.30 bits per heavy atom. The Labute approximate surface area is 294 Å². The lowest BCUT2D eigenvalue weighted by Crippen LogP contribution is -2.51. The summed E-state index contributed by atoms with van der Waals surface area (Å²) in [7, 11) is 0. The van der Waals surface area contributed by atoms with E-state index < -0.39 is 18.0 Å². The fourth-order valence-electron chi connectivity index (χ4n) is 4.07. The highest BCUT2D eigenvalue weighted by Gasteiger charge is 2.24. The molecule has 0 saturated carbocycles. The minimum atomic E-state index is -0.784. The first-order valence-electron chi connectivity index (χ1n) is 16.8. The summed E-state index contributed by atoms with van der Waals surface area (Å²) in [4.78, 5) is 71.0. The second-order valence-electron chi connectivity index (χ2n) is 11.3. The van der Waals surface area contributed by atoms with E-state index in [9.17, 15) is 28.8 Å².